The van der Waals surface area contributed by atoms with E-state index in [1.54, 1.807) is 0 Å². The molecular formula is C20H25ClN2. The molecule has 122 valence electrons. The van der Waals surface area contributed by atoms with Crippen molar-refractivity contribution < 1.29 is 0 Å². The second-order valence-electron chi connectivity index (χ2n) is 6.92. The SMILES string of the molecule is Cl.NC1CCC2CN(Cc3ccc(-c4ccccc4)cc3)CC12. The number of benzene rings is 2. The van der Waals surface area contributed by atoms with Crippen molar-refractivity contribution in [3.63, 3.8) is 0 Å². The van der Waals surface area contributed by atoms with Gasteiger partial charge in [0.25, 0.3) is 0 Å². The van der Waals surface area contributed by atoms with E-state index in [1.165, 1.54) is 42.6 Å². The highest BCUT2D eigenvalue weighted by Gasteiger charge is 2.40. The van der Waals surface area contributed by atoms with Crippen molar-refractivity contribution in [2.45, 2.75) is 25.4 Å². The van der Waals surface area contributed by atoms with Gasteiger partial charge < -0.3 is 5.73 Å². The van der Waals surface area contributed by atoms with Crippen LogP contribution >= 0.6 is 12.4 Å². The molecule has 2 N–H and O–H groups in total. The van der Waals surface area contributed by atoms with Crippen LogP contribution < -0.4 is 5.73 Å². The van der Waals surface area contributed by atoms with Crippen molar-refractivity contribution >= 4 is 12.4 Å². The van der Waals surface area contributed by atoms with Gasteiger partial charge in [0.1, 0.15) is 0 Å². The van der Waals surface area contributed by atoms with Crippen molar-refractivity contribution in [1.29, 1.82) is 0 Å². The molecular weight excluding hydrogens is 304 g/mol. The van der Waals surface area contributed by atoms with Crippen LogP contribution in [0.5, 0.6) is 0 Å². The molecule has 4 rings (SSSR count). The summed E-state index contributed by atoms with van der Waals surface area (Å²) in [6.45, 7) is 3.49. The van der Waals surface area contributed by atoms with Gasteiger partial charge in [-0.1, -0.05) is 54.6 Å². The smallest absolute Gasteiger partial charge is 0.0233 e. The third-order valence-electron chi connectivity index (χ3n) is 5.46. The molecule has 0 aromatic heterocycles. The quantitative estimate of drug-likeness (QED) is 0.924. The number of rotatable bonds is 3. The lowest BCUT2D eigenvalue weighted by molar-refractivity contribution is 0.298. The molecule has 2 aromatic carbocycles. The molecule has 2 aromatic rings. The van der Waals surface area contributed by atoms with Crippen LogP contribution in [0.15, 0.2) is 54.6 Å². The first-order valence-corrected chi connectivity index (χ1v) is 8.42. The third kappa shape index (κ3) is 3.45. The summed E-state index contributed by atoms with van der Waals surface area (Å²) in [5.41, 5.74) is 10.2. The van der Waals surface area contributed by atoms with E-state index < -0.39 is 0 Å². The average Bonchev–Trinajstić information content (AvgIpc) is 3.11. The van der Waals surface area contributed by atoms with Gasteiger partial charge in [-0.15, -0.1) is 12.4 Å². The molecule has 0 spiro atoms. The van der Waals surface area contributed by atoms with Crippen molar-refractivity contribution in [1.82, 2.24) is 4.90 Å². The van der Waals surface area contributed by atoms with Gasteiger partial charge in [0.2, 0.25) is 0 Å². The Bertz CT molecular complexity index is 626. The van der Waals surface area contributed by atoms with Gasteiger partial charge in [0, 0.05) is 25.7 Å². The van der Waals surface area contributed by atoms with Gasteiger partial charge in [-0.05, 0) is 41.4 Å². The highest BCUT2D eigenvalue weighted by atomic mass is 35.5. The summed E-state index contributed by atoms with van der Waals surface area (Å²) in [4.78, 5) is 2.59. The fourth-order valence-electron chi connectivity index (χ4n) is 4.22. The predicted octanol–water partition coefficient (Wildman–Crippen LogP) is 3.94. The molecule has 2 nitrogen and oxygen atoms in total. The first-order chi connectivity index (χ1) is 10.8. The molecule has 3 heteroatoms. The zero-order chi connectivity index (χ0) is 14.9. The third-order valence-corrected chi connectivity index (χ3v) is 5.46. The summed E-state index contributed by atoms with van der Waals surface area (Å²) >= 11 is 0. The summed E-state index contributed by atoms with van der Waals surface area (Å²) in [6, 6.07) is 20.1. The molecule has 3 unspecified atom stereocenters. The molecule has 2 fully saturated rings. The highest BCUT2D eigenvalue weighted by Crippen LogP contribution is 2.37. The first kappa shape index (κ1) is 16.5. The molecule has 0 amide bonds. The molecule has 1 aliphatic heterocycles. The number of nitrogens with two attached hydrogens (primary N) is 1. The number of fused-ring (bicyclic) bond motifs is 1. The second kappa shape index (κ2) is 7.04. The fourth-order valence-corrected chi connectivity index (χ4v) is 4.22. The molecule has 23 heavy (non-hydrogen) atoms. The normalized spacial score (nSPS) is 26.7. The van der Waals surface area contributed by atoms with Gasteiger partial charge in [-0.3, -0.25) is 4.90 Å². The summed E-state index contributed by atoms with van der Waals surface area (Å²) < 4.78 is 0. The Balaban J connectivity index is 0.00000156. The van der Waals surface area contributed by atoms with Crippen molar-refractivity contribution in [2.24, 2.45) is 17.6 Å². The number of halogens is 1. The van der Waals surface area contributed by atoms with E-state index in [0.29, 0.717) is 6.04 Å². The summed E-state index contributed by atoms with van der Waals surface area (Å²) in [7, 11) is 0. The van der Waals surface area contributed by atoms with Crippen LogP contribution in [0.4, 0.5) is 0 Å². The standard InChI is InChI=1S/C20H24N2.ClH/c21-20-11-10-18-13-22(14-19(18)20)12-15-6-8-17(9-7-15)16-4-2-1-3-5-16;/h1-9,18-20H,10-14,21H2;1H. The van der Waals surface area contributed by atoms with Gasteiger partial charge >= 0.3 is 0 Å². The van der Waals surface area contributed by atoms with E-state index in [-0.39, 0.29) is 12.4 Å². The maximum absolute atomic E-state index is 6.23. The Morgan fingerprint density at radius 2 is 1.57 bits per heavy atom. The van der Waals surface area contributed by atoms with Gasteiger partial charge in [-0.25, -0.2) is 0 Å². The number of likely N-dealkylation sites (tertiary alicyclic amines) is 1. The molecule has 0 bridgehead atoms. The van der Waals surface area contributed by atoms with E-state index >= 15 is 0 Å². The second-order valence-corrected chi connectivity index (χ2v) is 6.92. The van der Waals surface area contributed by atoms with E-state index in [9.17, 15) is 0 Å². The molecule has 3 atom stereocenters. The summed E-state index contributed by atoms with van der Waals surface area (Å²) in [5, 5.41) is 0. The Kier molecular flexibility index (Phi) is 5.05. The van der Waals surface area contributed by atoms with Crippen LogP contribution in [-0.2, 0) is 6.54 Å². The number of nitrogens with zero attached hydrogens (tertiary/aromatic N) is 1. The van der Waals surface area contributed by atoms with E-state index in [0.717, 1.165) is 18.4 Å². The maximum atomic E-state index is 6.23. The van der Waals surface area contributed by atoms with Gasteiger partial charge in [-0.2, -0.15) is 0 Å². The zero-order valence-electron chi connectivity index (χ0n) is 13.4. The Labute approximate surface area is 145 Å². The topological polar surface area (TPSA) is 29.3 Å². The molecule has 1 heterocycles. The van der Waals surface area contributed by atoms with Gasteiger partial charge in [0.15, 0.2) is 0 Å². The van der Waals surface area contributed by atoms with Crippen LogP contribution in [0.25, 0.3) is 11.1 Å². The highest BCUT2D eigenvalue weighted by molar-refractivity contribution is 5.85. The Hall–Kier alpha value is -1.35. The number of hydrogen-bond donors (Lipinski definition) is 1. The minimum atomic E-state index is 0. The van der Waals surface area contributed by atoms with Gasteiger partial charge in [0.05, 0.1) is 0 Å². The van der Waals surface area contributed by atoms with Crippen LogP contribution in [0, 0.1) is 11.8 Å². The Morgan fingerprint density at radius 1 is 0.870 bits per heavy atom. The lowest BCUT2D eigenvalue weighted by Crippen LogP contribution is -2.30. The maximum Gasteiger partial charge on any atom is 0.0233 e. The van der Waals surface area contributed by atoms with E-state index in [2.05, 4.69) is 59.5 Å². The van der Waals surface area contributed by atoms with E-state index in [4.69, 9.17) is 5.73 Å². The summed E-state index contributed by atoms with van der Waals surface area (Å²) in [6.07, 6.45) is 2.56. The monoisotopic (exact) mass is 328 g/mol. The van der Waals surface area contributed by atoms with Crippen LogP contribution in [0.1, 0.15) is 18.4 Å². The molecule has 1 saturated carbocycles. The minimum absolute atomic E-state index is 0. The van der Waals surface area contributed by atoms with E-state index in [1.807, 2.05) is 0 Å². The van der Waals surface area contributed by atoms with Crippen molar-refractivity contribution in [3.8, 4) is 11.1 Å². The van der Waals surface area contributed by atoms with Crippen molar-refractivity contribution in [3.05, 3.63) is 60.2 Å². The van der Waals surface area contributed by atoms with Crippen LogP contribution in [0.3, 0.4) is 0 Å². The zero-order valence-corrected chi connectivity index (χ0v) is 14.2. The summed E-state index contributed by atoms with van der Waals surface area (Å²) in [5.74, 6) is 1.59. The lowest BCUT2D eigenvalue weighted by atomic mass is 9.98. The van der Waals surface area contributed by atoms with Crippen LogP contribution in [0.2, 0.25) is 0 Å². The average molecular weight is 329 g/mol. The largest absolute Gasteiger partial charge is 0.327 e. The number of hydrogen-bond acceptors (Lipinski definition) is 2. The molecule has 1 aliphatic carbocycles. The lowest BCUT2D eigenvalue weighted by Gasteiger charge is -2.18. The first-order valence-electron chi connectivity index (χ1n) is 8.42. The molecule has 0 radical (unpaired) electrons. The Morgan fingerprint density at radius 3 is 2.26 bits per heavy atom. The van der Waals surface area contributed by atoms with Crippen LogP contribution in [-0.4, -0.2) is 24.0 Å². The molecule has 1 saturated heterocycles. The molecule has 2 aliphatic rings. The fraction of sp³-hybridized carbons (Fsp3) is 0.400. The minimum Gasteiger partial charge on any atom is -0.327 e. The predicted molar refractivity (Wildman–Crippen MR) is 98.6 cm³/mol. The van der Waals surface area contributed by atoms with Crippen molar-refractivity contribution in [2.75, 3.05) is 13.1 Å².